The third-order valence-electron chi connectivity index (χ3n) is 3.39. The summed E-state index contributed by atoms with van der Waals surface area (Å²) < 4.78 is 0. The summed E-state index contributed by atoms with van der Waals surface area (Å²) >= 11 is 0. The van der Waals surface area contributed by atoms with Crippen LogP contribution < -0.4 is 10.6 Å². The van der Waals surface area contributed by atoms with Gasteiger partial charge in [0.1, 0.15) is 0 Å². The Labute approximate surface area is 109 Å². The standard InChI is InChI=1S/C15H22N2O/c1-2-13-5-3-4-6-14(13)10-16-11-15(18)17-9-12-7-8-12/h3-6,12,16H,2,7-11H2,1H3,(H,17,18). The molecule has 0 aromatic heterocycles. The largest absolute Gasteiger partial charge is 0.355 e. The first-order valence-corrected chi connectivity index (χ1v) is 6.83. The highest BCUT2D eigenvalue weighted by Gasteiger charge is 2.21. The van der Waals surface area contributed by atoms with E-state index in [4.69, 9.17) is 0 Å². The summed E-state index contributed by atoms with van der Waals surface area (Å²) in [6.07, 6.45) is 3.58. The number of benzene rings is 1. The lowest BCUT2D eigenvalue weighted by Gasteiger charge is -2.09. The number of amides is 1. The van der Waals surface area contributed by atoms with Crippen molar-refractivity contribution in [3.05, 3.63) is 35.4 Å². The minimum absolute atomic E-state index is 0.107. The van der Waals surface area contributed by atoms with E-state index in [9.17, 15) is 4.79 Å². The Morgan fingerprint density at radius 3 is 2.67 bits per heavy atom. The smallest absolute Gasteiger partial charge is 0.233 e. The molecule has 1 aliphatic rings. The van der Waals surface area contributed by atoms with Crippen molar-refractivity contribution in [2.45, 2.75) is 32.7 Å². The van der Waals surface area contributed by atoms with Crippen LogP contribution in [-0.2, 0) is 17.8 Å². The van der Waals surface area contributed by atoms with E-state index in [1.807, 2.05) is 6.07 Å². The second-order valence-electron chi connectivity index (χ2n) is 4.97. The molecule has 0 spiro atoms. The molecule has 1 aromatic carbocycles. The van der Waals surface area contributed by atoms with Crippen LogP contribution in [0.4, 0.5) is 0 Å². The zero-order chi connectivity index (χ0) is 12.8. The number of carbonyl (C=O) groups excluding carboxylic acids is 1. The van der Waals surface area contributed by atoms with Crippen molar-refractivity contribution in [2.75, 3.05) is 13.1 Å². The summed E-state index contributed by atoms with van der Waals surface area (Å²) in [5, 5.41) is 6.17. The van der Waals surface area contributed by atoms with Crippen molar-refractivity contribution < 1.29 is 4.79 Å². The van der Waals surface area contributed by atoms with Crippen LogP contribution in [0.25, 0.3) is 0 Å². The average molecular weight is 246 g/mol. The average Bonchev–Trinajstić information content (AvgIpc) is 3.21. The summed E-state index contributed by atoms with van der Waals surface area (Å²) in [6, 6.07) is 8.37. The maximum atomic E-state index is 11.5. The summed E-state index contributed by atoms with van der Waals surface area (Å²) in [5.41, 5.74) is 2.64. The molecule has 0 saturated heterocycles. The van der Waals surface area contributed by atoms with Crippen molar-refractivity contribution in [1.29, 1.82) is 0 Å². The summed E-state index contributed by atoms with van der Waals surface area (Å²) in [5.74, 6) is 0.852. The van der Waals surface area contributed by atoms with Gasteiger partial charge in [-0.3, -0.25) is 4.79 Å². The molecule has 0 unspecified atom stereocenters. The lowest BCUT2D eigenvalue weighted by Crippen LogP contribution is -2.34. The first-order chi connectivity index (χ1) is 8.79. The number of hydrogen-bond acceptors (Lipinski definition) is 2. The summed E-state index contributed by atoms with van der Waals surface area (Å²) in [7, 11) is 0. The van der Waals surface area contributed by atoms with E-state index in [1.165, 1.54) is 24.0 Å². The van der Waals surface area contributed by atoms with Gasteiger partial charge in [-0.1, -0.05) is 31.2 Å². The summed E-state index contributed by atoms with van der Waals surface area (Å²) in [4.78, 5) is 11.5. The number of carbonyl (C=O) groups is 1. The Morgan fingerprint density at radius 2 is 2.00 bits per heavy atom. The van der Waals surface area contributed by atoms with Gasteiger partial charge in [0.15, 0.2) is 0 Å². The minimum atomic E-state index is 0.107. The monoisotopic (exact) mass is 246 g/mol. The fraction of sp³-hybridized carbons (Fsp3) is 0.533. The normalized spacial score (nSPS) is 14.5. The highest BCUT2D eigenvalue weighted by molar-refractivity contribution is 5.78. The van der Waals surface area contributed by atoms with Gasteiger partial charge >= 0.3 is 0 Å². The molecule has 3 heteroatoms. The van der Waals surface area contributed by atoms with Gasteiger partial charge in [-0.15, -0.1) is 0 Å². The van der Waals surface area contributed by atoms with Crippen LogP contribution in [0, 0.1) is 5.92 Å². The molecule has 1 aliphatic carbocycles. The molecular weight excluding hydrogens is 224 g/mol. The molecule has 0 heterocycles. The molecule has 18 heavy (non-hydrogen) atoms. The van der Waals surface area contributed by atoms with Crippen molar-refractivity contribution in [3.63, 3.8) is 0 Å². The van der Waals surface area contributed by atoms with E-state index in [2.05, 4.69) is 35.8 Å². The molecule has 0 radical (unpaired) electrons. The number of rotatable bonds is 7. The molecule has 1 fully saturated rings. The zero-order valence-electron chi connectivity index (χ0n) is 11.0. The molecule has 1 saturated carbocycles. The third kappa shape index (κ3) is 4.15. The molecule has 3 nitrogen and oxygen atoms in total. The van der Waals surface area contributed by atoms with Gasteiger partial charge < -0.3 is 10.6 Å². The van der Waals surface area contributed by atoms with Crippen molar-refractivity contribution in [2.24, 2.45) is 5.92 Å². The van der Waals surface area contributed by atoms with Crippen LogP contribution in [0.2, 0.25) is 0 Å². The van der Waals surface area contributed by atoms with Gasteiger partial charge in [-0.2, -0.15) is 0 Å². The fourth-order valence-corrected chi connectivity index (χ4v) is 2.03. The van der Waals surface area contributed by atoms with E-state index in [1.54, 1.807) is 0 Å². The van der Waals surface area contributed by atoms with Crippen molar-refractivity contribution in [1.82, 2.24) is 10.6 Å². The molecule has 98 valence electrons. The first-order valence-electron chi connectivity index (χ1n) is 6.83. The van der Waals surface area contributed by atoms with Gasteiger partial charge in [-0.05, 0) is 36.3 Å². The Kier molecular flexibility index (Phi) is 4.76. The molecule has 0 atom stereocenters. The highest BCUT2D eigenvalue weighted by Crippen LogP contribution is 2.27. The molecule has 2 N–H and O–H groups in total. The molecule has 1 amide bonds. The van der Waals surface area contributed by atoms with Gasteiger partial charge in [-0.25, -0.2) is 0 Å². The zero-order valence-corrected chi connectivity index (χ0v) is 11.0. The molecule has 2 rings (SSSR count). The highest BCUT2D eigenvalue weighted by atomic mass is 16.1. The lowest BCUT2D eigenvalue weighted by molar-refractivity contribution is -0.120. The maximum absolute atomic E-state index is 11.5. The lowest BCUT2D eigenvalue weighted by atomic mass is 10.1. The van der Waals surface area contributed by atoms with E-state index in [0.29, 0.717) is 6.54 Å². The second kappa shape index (κ2) is 6.55. The van der Waals surface area contributed by atoms with Crippen LogP contribution in [0.15, 0.2) is 24.3 Å². The minimum Gasteiger partial charge on any atom is -0.355 e. The Balaban J connectivity index is 1.68. The molecule has 0 aliphatic heterocycles. The molecule has 0 bridgehead atoms. The van der Waals surface area contributed by atoms with E-state index >= 15 is 0 Å². The number of nitrogens with one attached hydrogen (secondary N) is 2. The number of hydrogen-bond donors (Lipinski definition) is 2. The Hall–Kier alpha value is -1.35. The third-order valence-corrected chi connectivity index (χ3v) is 3.39. The van der Waals surface area contributed by atoms with Crippen LogP contribution in [0.3, 0.4) is 0 Å². The maximum Gasteiger partial charge on any atom is 0.233 e. The van der Waals surface area contributed by atoms with Crippen LogP contribution in [0.1, 0.15) is 30.9 Å². The predicted molar refractivity (Wildman–Crippen MR) is 73.3 cm³/mol. The molecular formula is C15H22N2O. The van der Waals surface area contributed by atoms with E-state index in [0.717, 1.165) is 25.4 Å². The van der Waals surface area contributed by atoms with E-state index < -0.39 is 0 Å². The topological polar surface area (TPSA) is 41.1 Å². The second-order valence-corrected chi connectivity index (χ2v) is 4.97. The van der Waals surface area contributed by atoms with Gasteiger partial charge in [0, 0.05) is 13.1 Å². The van der Waals surface area contributed by atoms with Crippen LogP contribution >= 0.6 is 0 Å². The number of aryl methyl sites for hydroxylation is 1. The quantitative estimate of drug-likeness (QED) is 0.771. The first kappa shape index (κ1) is 13.1. The van der Waals surface area contributed by atoms with Gasteiger partial charge in [0.25, 0.3) is 0 Å². The Morgan fingerprint density at radius 1 is 1.28 bits per heavy atom. The Bertz CT molecular complexity index is 399. The van der Waals surface area contributed by atoms with Crippen molar-refractivity contribution >= 4 is 5.91 Å². The van der Waals surface area contributed by atoms with Crippen molar-refractivity contribution in [3.8, 4) is 0 Å². The SMILES string of the molecule is CCc1ccccc1CNCC(=O)NCC1CC1. The van der Waals surface area contributed by atoms with Gasteiger partial charge in [0.2, 0.25) is 5.91 Å². The predicted octanol–water partition coefficient (Wildman–Crippen LogP) is 1.86. The molecule has 1 aromatic rings. The fourth-order valence-electron chi connectivity index (χ4n) is 2.03. The summed E-state index contributed by atoms with van der Waals surface area (Å²) in [6.45, 7) is 4.18. The van der Waals surface area contributed by atoms with Crippen LogP contribution in [-0.4, -0.2) is 19.0 Å². The van der Waals surface area contributed by atoms with Gasteiger partial charge in [0.05, 0.1) is 6.54 Å². The van der Waals surface area contributed by atoms with E-state index in [-0.39, 0.29) is 5.91 Å². The van der Waals surface area contributed by atoms with Crippen LogP contribution in [0.5, 0.6) is 0 Å².